The minimum absolute atomic E-state index is 1.20. The highest BCUT2D eigenvalue weighted by Gasteiger charge is 1.96. The summed E-state index contributed by atoms with van der Waals surface area (Å²) in [5, 5.41) is 0. The first kappa shape index (κ1) is 5.61. The monoisotopic (exact) mass is 107 g/mol. The summed E-state index contributed by atoms with van der Waals surface area (Å²) in [6.07, 6.45) is 6.67. The van der Waals surface area contributed by atoms with Crippen LogP contribution in [0.15, 0.2) is 23.3 Å². The molecule has 1 aliphatic carbocycles. The van der Waals surface area contributed by atoms with E-state index in [1.54, 1.807) is 0 Å². The van der Waals surface area contributed by atoms with Crippen LogP contribution in [0.25, 0.3) is 0 Å². The average Bonchev–Trinajstić information content (AvgIpc) is 1.77. The SMILES string of the molecule is [CH2]C1=C(C)CCC=C1. The lowest BCUT2D eigenvalue weighted by molar-refractivity contribution is 0.948. The summed E-state index contributed by atoms with van der Waals surface area (Å²) < 4.78 is 0. The number of rotatable bonds is 0. The van der Waals surface area contributed by atoms with E-state index in [4.69, 9.17) is 0 Å². The molecule has 0 aromatic heterocycles. The highest BCUT2D eigenvalue weighted by atomic mass is 14.0. The van der Waals surface area contributed by atoms with E-state index in [-0.39, 0.29) is 0 Å². The van der Waals surface area contributed by atoms with Crippen molar-refractivity contribution in [3.05, 3.63) is 30.2 Å². The summed E-state index contributed by atoms with van der Waals surface area (Å²) in [5.41, 5.74) is 2.64. The molecule has 0 aromatic rings. The van der Waals surface area contributed by atoms with Crippen LogP contribution in [0.1, 0.15) is 19.8 Å². The molecule has 0 atom stereocenters. The van der Waals surface area contributed by atoms with Gasteiger partial charge in [-0.2, -0.15) is 0 Å². The topological polar surface area (TPSA) is 0 Å². The third-order valence-electron chi connectivity index (χ3n) is 1.55. The molecule has 0 fully saturated rings. The Hall–Kier alpha value is -0.520. The molecule has 0 spiro atoms. The Bertz CT molecular complexity index is 138. The minimum atomic E-state index is 1.20. The number of hydrogen-bond donors (Lipinski definition) is 0. The zero-order valence-corrected chi connectivity index (χ0v) is 5.28. The lowest BCUT2D eigenvalue weighted by Crippen LogP contribution is -1.86. The van der Waals surface area contributed by atoms with Gasteiger partial charge in [-0.05, 0) is 32.3 Å². The van der Waals surface area contributed by atoms with E-state index < -0.39 is 0 Å². The maximum atomic E-state index is 3.87. The summed E-state index contributed by atoms with van der Waals surface area (Å²) in [7, 11) is 0. The molecule has 0 heterocycles. The molecule has 0 heteroatoms. The van der Waals surface area contributed by atoms with Crippen LogP contribution in [-0.2, 0) is 0 Å². The molecule has 0 saturated carbocycles. The van der Waals surface area contributed by atoms with Crippen LogP contribution in [-0.4, -0.2) is 0 Å². The van der Waals surface area contributed by atoms with Gasteiger partial charge in [0.25, 0.3) is 0 Å². The largest absolute Gasteiger partial charge is 0.0839 e. The standard InChI is InChI=1S/C8H11/c1-7-5-3-4-6-8(7)2/h3,5H,1,4,6H2,2H3. The zero-order chi connectivity index (χ0) is 5.98. The van der Waals surface area contributed by atoms with Crippen molar-refractivity contribution in [2.24, 2.45) is 0 Å². The van der Waals surface area contributed by atoms with Gasteiger partial charge in [0.05, 0.1) is 0 Å². The van der Waals surface area contributed by atoms with E-state index in [0.29, 0.717) is 0 Å². The normalized spacial score (nSPS) is 19.8. The van der Waals surface area contributed by atoms with Gasteiger partial charge in [-0.3, -0.25) is 0 Å². The molecule has 0 aromatic carbocycles. The zero-order valence-electron chi connectivity index (χ0n) is 5.28. The van der Waals surface area contributed by atoms with Crippen LogP contribution < -0.4 is 0 Å². The molecular formula is C8H11. The summed E-state index contributed by atoms with van der Waals surface area (Å²) in [4.78, 5) is 0. The quantitative estimate of drug-likeness (QED) is 0.446. The predicted molar refractivity (Wildman–Crippen MR) is 36.4 cm³/mol. The second-order valence-corrected chi connectivity index (χ2v) is 2.25. The van der Waals surface area contributed by atoms with Gasteiger partial charge in [-0.25, -0.2) is 0 Å². The van der Waals surface area contributed by atoms with Crippen LogP contribution >= 0.6 is 0 Å². The molecule has 0 aliphatic heterocycles. The van der Waals surface area contributed by atoms with Crippen LogP contribution in [0.5, 0.6) is 0 Å². The third kappa shape index (κ3) is 1.00. The lowest BCUT2D eigenvalue weighted by atomic mass is 10.0. The Morgan fingerprint density at radius 1 is 1.62 bits per heavy atom. The van der Waals surface area contributed by atoms with E-state index in [1.165, 1.54) is 24.0 Å². The second-order valence-electron chi connectivity index (χ2n) is 2.25. The maximum Gasteiger partial charge on any atom is -0.0239 e. The Morgan fingerprint density at radius 2 is 2.38 bits per heavy atom. The fourth-order valence-electron chi connectivity index (χ4n) is 0.828. The van der Waals surface area contributed by atoms with E-state index in [9.17, 15) is 0 Å². The van der Waals surface area contributed by atoms with Crippen molar-refractivity contribution in [3.63, 3.8) is 0 Å². The molecule has 1 radical (unpaired) electrons. The van der Waals surface area contributed by atoms with Gasteiger partial charge < -0.3 is 0 Å². The summed E-state index contributed by atoms with van der Waals surface area (Å²) in [6.45, 7) is 6.02. The van der Waals surface area contributed by atoms with Crippen molar-refractivity contribution in [1.82, 2.24) is 0 Å². The van der Waals surface area contributed by atoms with Crippen LogP contribution in [0.4, 0.5) is 0 Å². The molecule has 0 bridgehead atoms. The van der Waals surface area contributed by atoms with Gasteiger partial charge in [-0.15, -0.1) is 0 Å². The van der Waals surface area contributed by atoms with Crippen molar-refractivity contribution in [3.8, 4) is 0 Å². The molecule has 0 unspecified atom stereocenters. The Morgan fingerprint density at radius 3 is 2.75 bits per heavy atom. The van der Waals surface area contributed by atoms with Crippen LogP contribution in [0, 0.1) is 6.92 Å². The Labute approximate surface area is 50.9 Å². The smallest absolute Gasteiger partial charge is 0.0239 e. The van der Waals surface area contributed by atoms with Gasteiger partial charge in [0.1, 0.15) is 0 Å². The summed E-state index contributed by atoms with van der Waals surface area (Å²) >= 11 is 0. The molecule has 43 valence electrons. The molecule has 1 aliphatic rings. The maximum absolute atomic E-state index is 3.87. The minimum Gasteiger partial charge on any atom is -0.0839 e. The third-order valence-corrected chi connectivity index (χ3v) is 1.55. The molecule has 0 nitrogen and oxygen atoms in total. The predicted octanol–water partition coefficient (Wildman–Crippen LogP) is 2.49. The van der Waals surface area contributed by atoms with Crippen molar-refractivity contribution in [2.45, 2.75) is 19.8 Å². The Balaban J connectivity index is 2.76. The van der Waals surface area contributed by atoms with Gasteiger partial charge in [0.2, 0.25) is 0 Å². The number of allylic oxidation sites excluding steroid dienone is 4. The van der Waals surface area contributed by atoms with Crippen molar-refractivity contribution >= 4 is 0 Å². The van der Waals surface area contributed by atoms with E-state index in [1.807, 2.05) is 0 Å². The van der Waals surface area contributed by atoms with Crippen molar-refractivity contribution in [1.29, 1.82) is 0 Å². The fraction of sp³-hybridized carbons (Fsp3) is 0.375. The van der Waals surface area contributed by atoms with E-state index in [0.717, 1.165) is 0 Å². The highest BCUT2D eigenvalue weighted by molar-refractivity contribution is 5.30. The second kappa shape index (κ2) is 2.17. The lowest BCUT2D eigenvalue weighted by Gasteiger charge is -2.05. The summed E-state index contributed by atoms with van der Waals surface area (Å²) in [6, 6.07) is 0. The summed E-state index contributed by atoms with van der Waals surface area (Å²) in [5.74, 6) is 0. The first-order valence-corrected chi connectivity index (χ1v) is 2.99. The molecule has 8 heavy (non-hydrogen) atoms. The van der Waals surface area contributed by atoms with Gasteiger partial charge in [-0.1, -0.05) is 17.7 Å². The first-order chi connectivity index (χ1) is 3.80. The molecule has 1 rings (SSSR count). The Kier molecular flexibility index (Phi) is 1.52. The van der Waals surface area contributed by atoms with Crippen LogP contribution in [0.2, 0.25) is 0 Å². The van der Waals surface area contributed by atoms with E-state index in [2.05, 4.69) is 26.0 Å². The molecule has 0 amide bonds. The first-order valence-electron chi connectivity index (χ1n) is 2.99. The fourth-order valence-corrected chi connectivity index (χ4v) is 0.828. The van der Waals surface area contributed by atoms with Crippen molar-refractivity contribution < 1.29 is 0 Å². The van der Waals surface area contributed by atoms with E-state index >= 15 is 0 Å². The molecule has 0 N–H and O–H groups in total. The highest BCUT2D eigenvalue weighted by Crippen LogP contribution is 2.16. The average molecular weight is 107 g/mol. The number of hydrogen-bond acceptors (Lipinski definition) is 0. The van der Waals surface area contributed by atoms with Gasteiger partial charge in [0.15, 0.2) is 0 Å². The van der Waals surface area contributed by atoms with Crippen molar-refractivity contribution in [2.75, 3.05) is 0 Å². The molecule has 0 saturated heterocycles. The van der Waals surface area contributed by atoms with Gasteiger partial charge in [0, 0.05) is 0 Å². The molecular weight excluding hydrogens is 96.1 g/mol. The van der Waals surface area contributed by atoms with Gasteiger partial charge >= 0.3 is 0 Å². The van der Waals surface area contributed by atoms with Crippen LogP contribution in [0.3, 0.4) is 0 Å².